The van der Waals surface area contributed by atoms with Gasteiger partial charge in [-0.2, -0.15) is 0 Å². The molecule has 0 atom stereocenters. The Morgan fingerprint density at radius 2 is 1.80 bits per heavy atom. The second kappa shape index (κ2) is 8.17. The van der Waals surface area contributed by atoms with Crippen LogP contribution in [-0.4, -0.2) is 32.2 Å². The van der Waals surface area contributed by atoms with Crippen LogP contribution in [0.3, 0.4) is 0 Å². The van der Waals surface area contributed by atoms with Gasteiger partial charge in [0.05, 0.1) is 19.6 Å². The first-order chi connectivity index (χ1) is 12.1. The van der Waals surface area contributed by atoms with E-state index in [-0.39, 0.29) is 5.91 Å². The topological polar surface area (TPSA) is 41.6 Å². The van der Waals surface area contributed by atoms with Crippen molar-refractivity contribution < 1.29 is 9.53 Å². The van der Waals surface area contributed by atoms with E-state index in [2.05, 4.69) is 60.5 Å². The molecule has 1 fully saturated rings. The minimum absolute atomic E-state index is 0.0595. The molecular formula is C21H26N2O2. The number of nitrogens with zero attached hydrogens (tertiary/aromatic N) is 1. The molecule has 2 aromatic carbocycles. The first-order valence-corrected chi connectivity index (χ1v) is 8.86. The first-order valence-electron chi connectivity index (χ1n) is 8.86. The Morgan fingerprint density at radius 3 is 2.48 bits per heavy atom. The van der Waals surface area contributed by atoms with Gasteiger partial charge in [0, 0.05) is 25.3 Å². The molecule has 1 N–H and O–H groups in total. The molecule has 0 aromatic heterocycles. The number of hydrogen-bond acceptors (Lipinski definition) is 3. The van der Waals surface area contributed by atoms with Gasteiger partial charge in [-0.05, 0) is 42.7 Å². The maximum Gasteiger partial charge on any atom is 0.224 e. The molecule has 132 valence electrons. The summed E-state index contributed by atoms with van der Waals surface area (Å²) in [5, 5.41) is 3.02. The minimum atomic E-state index is 0.0595. The van der Waals surface area contributed by atoms with E-state index in [9.17, 15) is 4.79 Å². The van der Waals surface area contributed by atoms with Gasteiger partial charge >= 0.3 is 0 Å². The van der Waals surface area contributed by atoms with Crippen LogP contribution in [0.25, 0.3) is 0 Å². The summed E-state index contributed by atoms with van der Waals surface area (Å²) in [6.07, 6.45) is 0.429. The Hall–Kier alpha value is -2.33. The van der Waals surface area contributed by atoms with Crippen molar-refractivity contribution in [2.45, 2.75) is 26.8 Å². The zero-order valence-electron chi connectivity index (χ0n) is 15.0. The second-order valence-corrected chi connectivity index (χ2v) is 6.65. The number of carbonyl (C=O) groups excluding carboxylic acids is 1. The van der Waals surface area contributed by atoms with Gasteiger partial charge in [-0.1, -0.05) is 35.9 Å². The highest BCUT2D eigenvalue weighted by molar-refractivity contribution is 5.79. The fraction of sp³-hybridized carbons (Fsp3) is 0.381. The molecule has 3 rings (SSSR count). The third-order valence-electron chi connectivity index (χ3n) is 4.65. The van der Waals surface area contributed by atoms with E-state index in [1.165, 1.54) is 16.8 Å². The predicted molar refractivity (Wildman–Crippen MR) is 101 cm³/mol. The van der Waals surface area contributed by atoms with E-state index in [4.69, 9.17) is 4.74 Å². The van der Waals surface area contributed by atoms with Crippen LogP contribution in [-0.2, 0) is 22.5 Å². The van der Waals surface area contributed by atoms with Crippen molar-refractivity contribution >= 4 is 11.6 Å². The molecule has 1 aliphatic rings. The Kier molecular flexibility index (Phi) is 5.71. The zero-order chi connectivity index (χ0) is 17.6. The normalized spacial score (nSPS) is 14.4. The molecule has 1 saturated heterocycles. The first kappa shape index (κ1) is 17.5. The number of amides is 1. The van der Waals surface area contributed by atoms with Crippen molar-refractivity contribution in [2.24, 2.45) is 0 Å². The standard InChI is InChI=1S/C21H26N2O2/c1-16-3-6-19(17(2)13-16)14-21(24)22-15-18-4-7-20(8-5-18)23-9-11-25-12-10-23/h3-8,13H,9-12,14-15H2,1-2H3,(H,22,24). The van der Waals surface area contributed by atoms with Gasteiger partial charge in [-0.3, -0.25) is 4.79 Å². The maximum absolute atomic E-state index is 12.2. The molecule has 1 heterocycles. The molecule has 0 radical (unpaired) electrons. The van der Waals surface area contributed by atoms with Crippen molar-refractivity contribution in [3.63, 3.8) is 0 Å². The molecule has 0 unspecified atom stereocenters. The number of carbonyl (C=O) groups is 1. The van der Waals surface area contributed by atoms with Crippen LogP contribution < -0.4 is 10.2 Å². The number of anilines is 1. The molecule has 2 aromatic rings. The summed E-state index contributed by atoms with van der Waals surface area (Å²) in [5.41, 5.74) is 5.82. The Balaban J connectivity index is 1.51. The summed E-state index contributed by atoms with van der Waals surface area (Å²) in [4.78, 5) is 14.5. The van der Waals surface area contributed by atoms with Gasteiger partial charge in [-0.15, -0.1) is 0 Å². The highest BCUT2D eigenvalue weighted by atomic mass is 16.5. The second-order valence-electron chi connectivity index (χ2n) is 6.65. The molecule has 25 heavy (non-hydrogen) atoms. The smallest absolute Gasteiger partial charge is 0.224 e. The summed E-state index contributed by atoms with van der Waals surface area (Å²) in [6.45, 7) is 8.13. The molecule has 0 saturated carbocycles. The van der Waals surface area contributed by atoms with E-state index in [0.29, 0.717) is 13.0 Å². The molecular weight excluding hydrogens is 312 g/mol. The Labute approximate surface area is 149 Å². The summed E-state index contributed by atoms with van der Waals surface area (Å²) in [6, 6.07) is 14.6. The highest BCUT2D eigenvalue weighted by Crippen LogP contribution is 2.17. The lowest BCUT2D eigenvalue weighted by molar-refractivity contribution is -0.120. The average Bonchev–Trinajstić information content (AvgIpc) is 2.63. The summed E-state index contributed by atoms with van der Waals surface area (Å²) in [7, 11) is 0. The minimum Gasteiger partial charge on any atom is -0.378 e. The number of hydrogen-bond donors (Lipinski definition) is 1. The van der Waals surface area contributed by atoms with Crippen LogP contribution in [0.1, 0.15) is 22.3 Å². The monoisotopic (exact) mass is 338 g/mol. The van der Waals surface area contributed by atoms with Gasteiger partial charge in [0.1, 0.15) is 0 Å². The van der Waals surface area contributed by atoms with Crippen LogP contribution in [0, 0.1) is 13.8 Å². The van der Waals surface area contributed by atoms with Crippen LogP contribution >= 0.6 is 0 Å². The maximum atomic E-state index is 12.2. The van der Waals surface area contributed by atoms with Crippen LogP contribution in [0.4, 0.5) is 5.69 Å². The molecule has 4 heteroatoms. The quantitative estimate of drug-likeness (QED) is 0.911. The van der Waals surface area contributed by atoms with Crippen LogP contribution in [0.2, 0.25) is 0 Å². The number of benzene rings is 2. The SMILES string of the molecule is Cc1ccc(CC(=O)NCc2ccc(N3CCOCC3)cc2)c(C)c1. The number of ether oxygens (including phenoxy) is 1. The Bertz CT molecular complexity index is 719. The molecule has 1 aliphatic heterocycles. The fourth-order valence-electron chi connectivity index (χ4n) is 3.13. The number of nitrogens with one attached hydrogen (secondary N) is 1. The van der Waals surface area contributed by atoms with Crippen molar-refractivity contribution in [1.29, 1.82) is 0 Å². The van der Waals surface area contributed by atoms with E-state index in [1.54, 1.807) is 0 Å². The molecule has 1 amide bonds. The van der Waals surface area contributed by atoms with E-state index < -0.39 is 0 Å². The lowest BCUT2D eigenvalue weighted by Crippen LogP contribution is -2.36. The van der Waals surface area contributed by atoms with Crippen molar-refractivity contribution in [3.05, 3.63) is 64.7 Å². The van der Waals surface area contributed by atoms with Gasteiger partial charge in [0.15, 0.2) is 0 Å². The zero-order valence-corrected chi connectivity index (χ0v) is 15.0. The van der Waals surface area contributed by atoms with Crippen LogP contribution in [0.5, 0.6) is 0 Å². The van der Waals surface area contributed by atoms with Gasteiger partial charge in [0.25, 0.3) is 0 Å². The summed E-state index contributed by atoms with van der Waals surface area (Å²) < 4.78 is 5.38. The van der Waals surface area contributed by atoms with Crippen LogP contribution in [0.15, 0.2) is 42.5 Å². The molecule has 0 spiro atoms. The predicted octanol–water partition coefficient (Wildman–Crippen LogP) is 3.00. The Morgan fingerprint density at radius 1 is 1.08 bits per heavy atom. The van der Waals surface area contributed by atoms with E-state index in [0.717, 1.165) is 37.4 Å². The number of aryl methyl sites for hydroxylation is 2. The number of morpholine rings is 1. The summed E-state index contributed by atoms with van der Waals surface area (Å²) in [5.74, 6) is 0.0595. The third-order valence-corrected chi connectivity index (χ3v) is 4.65. The lowest BCUT2D eigenvalue weighted by atomic mass is 10.0. The lowest BCUT2D eigenvalue weighted by Gasteiger charge is -2.28. The van der Waals surface area contributed by atoms with Crippen molar-refractivity contribution in [1.82, 2.24) is 5.32 Å². The molecule has 0 aliphatic carbocycles. The third kappa shape index (κ3) is 4.83. The summed E-state index contributed by atoms with van der Waals surface area (Å²) >= 11 is 0. The van der Waals surface area contributed by atoms with Gasteiger partial charge < -0.3 is 15.0 Å². The van der Waals surface area contributed by atoms with Gasteiger partial charge in [-0.25, -0.2) is 0 Å². The fourth-order valence-corrected chi connectivity index (χ4v) is 3.13. The highest BCUT2D eigenvalue weighted by Gasteiger charge is 2.11. The van der Waals surface area contributed by atoms with E-state index >= 15 is 0 Å². The largest absolute Gasteiger partial charge is 0.378 e. The van der Waals surface area contributed by atoms with Gasteiger partial charge in [0.2, 0.25) is 5.91 Å². The van der Waals surface area contributed by atoms with Crippen molar-refractivity contribution in [2.75, 3.05) is 31.2 Å². The molecule has 4 nitrogen and oxygen atoms in total. The van der Waals surface area contributed by atoms with E-state index in [1.807, 2.05) is 6.07 Å². The average molecular weight is 338 g/mol. The number of rotatable bonds is 5. The molecule has 0 bridgehead atoms. The van der Waals surface area contributed by atoms with Crippen molar-refractivity contribution in [3.8, 4) is 0 Å².